The van der Waals surface area contributed by atoms with Crippen LogP contribution in [-0.2, 0) is 25.5 Å². The van der Waals surface area contributed by atoms with E-state index < -0.39 is 35.5 Å². The summed E-state index contributed by atoms with van der Waals surface area (Å²) >= 11 is 3.90. The van der Waals surface area contributed by atoms with Crippen molar-refractivity contribution in [2.75, 3.05) is 0 Å². The Labute approximate surface area is 190 Å². The number of aliphatic carboxylic acids is 1. The predicted molar refractivity (Wildman–Crippen MR) is 120 cm³/mol. The number of benzene rings is 1. The maximum Gasteiger partial charge on any atom is 0.326 e. The fourth-order valence-corrected chi connectivity index (χ4v) is 4.14. The lowest BCUT2D eigenvalue weighted by Crippen LogP contribution is -2.49. The summed E-state index contributed by atoms with van der Waals surface area (Å²) in [4.78, 5) is 35.5. The van der Waals surface area contributed by atoms with Gasteiger partial charge in [0.05, 0.1) is 13.2 Å². The predicted octanol–water partition coefficient (Wildman–Crippen LogP) is 2.16. The number of carbonyl (C=O) groups excluding carboxylic acids is 2. The van der Waals surface area contributed by atoms with Gasteiger partial charge in [0, 0.05) is 12.8 Å². The van der Waals surface area contributed by atoms with E-state index in [1.807, 2.05) is 45.2 Å². The van der Waals surface area contributed by atoms with Gasteiger partial charge in [0.2, 0.25) is 5.91 Å². The lowest BCUT2D eigenvalue weighted by molar-refractivity contribution is -0.155. The Morgan fingerprint density at radius 3 is 2.21 bits per heavy atom. The Morgan fingerprint density at radius 2 is 1.75 bits per heavy atom. The van der Waals surface area contributed by atoms with Crippen LogP contribution in [-0.4, -0.2) is 45.7 Å². The molecule has 0 unspecified atom stereocenters. The summed E-state index contributed by atoms with van der Waals surface area (Å²) in [5, 5.41) is 21.6. The molecule has 2 atom stereocenters. The molecule has 1 aromatic carbocycles. The van der Waals surface area contributed by atoms with E-state index >= 15 is 0 Å². The Bertz CT molecular complexity index is 725. The van der Waals surface area contributed by atoms with Gasteiger partial charge >= 0.3 is 11.9 Å². The first-order chi connectivity index (χ1) is 12.8. The quantitative estimate of drug-likeness (QED) is 0.259. The molecule has 0 radical (unpaired) electrons. The number of amides is 1. The fourth-order valence-electron chi connectivity index (χ4n) is 2.25. The molecule has 0 spiro atoms. The van der Waals surface area contributed by atoms with Crippen LogP contribution in [0.4, 0.5) is 0 Å². The number of esters is 1. The molecule has 156 valence electrons. The third-order valence-electron chi connectivity index (χ3n) is 3.55. The SMILES string of the molecule is CC(C)(C)OC(=O)CC[C@H](N)C(=O)N[C@@H](Cc1cc(I)c(O)c(I)c1)C(=O)O. The number of phenolic OH excluding ortho intramolecular Hbond substituents is 1. The number of rotatable bonds is 8. The van der Waals surface area contributed by atoms with E-state index in [-0.39, 0.29) is 25.0 Å². The van der Waals surface area contributed by atoms with Gasteiger partial charge in [-0.1, -0.05) is 0 Å². The monoisotopic (exact) mass is 618 g/mol. The van der Waals surface area contributed by atoms with Crippen molar-refractivity contribution in [2.45, 2.75) is 57.7 Å². The smallest absolute Gasteiger partial charge is 0.326 e. The van der Waals surface area contributed by atoms with Crippen LogP contribution in [0.5, 0.6) is 5.75 Å². The second-order valence-electron chi connectivity index (χ2n) is 7.24. The van der Waals surface area contributed by atoms with Gasteiger partial charge in [-0.25, -0.2) is 4.79 Å². The molecule has 0 heterocycles. The number of nitrogens with one attached hydrogen (secondary N) is 1. The highest BCUT2D eigenvalue weighted by Crippen LogP contribution is 2.27. The maximum atomic E-state index is 12.2. The molecule has 1 rings (SSSR count). The van der Waals surface area contributed by atoms with Crippen molar-refractivity contribution < 1.29 is 29.3 Å². The Kier molecular flexibility index (Phi) is 9.40. The number of phenols is 1. The largest absolute Gasteiger partial charge is 0.506 e. The zero-order valence-electron chi connectivity index (χ0n) is 15.8. The van der Waals surface area contributed by atoms with E-state index in [0.29, 0.717) is 12.7 Å². The average Bonchev–Trinajstić information content (AvgIpc) is 2.55. The van der Waals surface area contributed by atoms with E-state index in [0.717, 1.165) is 0 Å². The second-order valence-corrected chi connectivity index (χ2v) is 9.57. The molecular weight excluding hydrogens is 594 g/mol. The number of nitrogens with two attached hydrogens (primary N) is 1. The number of halogens is 2. The van der Waals surface area contributed by atoms with E-state index in [1.54, 1.807) is 32.9 Å². The molecule has 0 saturated carbocycles. The van der Waals surface area contributed by atoms with Gasteiger partial charge in [-0.2, -0.15) is 0 Å². The molecule has 8 nitrogen and oxygen atoms in total. The van der Waals surface area contributed by atoms with Crippen molar-refractivity contribution in [3.05, 3.63) is 24.8 Å². The first-order valence-corrected chi connectivity index (χ1v) is 10.6. The average molecular weight is 618 g/mol. The molecule has 10 heteroatoms. The summed E-state index contributed by atoms with van der Waals surface area (Å²) < 4.78 is 6.33. The molecule has 1 aromatic rings. The summed E-state index contributed by atoms with van der Waals surface area (Å²) in [5.41, 5.74) is 5.82. The zero-order valence-corrected chi connectivity index (χ0v) is 20.1. The van der Waals surface area contributed by atoms with Crippen molar-refractivity contribution in [2.24, 2.45) is 5.73 Å². The van der Waals surface area contributed by atoms with E-state index in [2.05, 4.69) is 5.32 Å². The second kappa shape index (κ2) is 10.6. The zero-order chi connectivity index (χ0) is 21.6. The third kappa shape index (κ3) is 8.47. The minimum atomic E-state index is -1.20. The third-order valence-corrected chi connectivity index (χ3v) is 5.19. The van der Waals surface area contributed by atoms with Gasteiger partial charge in [0.1, 0.15) is 17.4 Å². The molecule has 0 aliphatic carbocycles. The van der Waals surface area contributed by atoms with Gasteiger partial charge in [-0.15, -0.1) is 0 Å². The van der Waals surface area contributed by atoms with Gasteiger partial charge in [0.15, 0.2) is 0 Å². The van der Waals surface area contributed by atoms with Crippen molar-refractivity contribution >= 4 is 63.0 Å². The van der Waals surface area contributed by atoms with Crippen LogP contribution >= 0.6 is 45.2 Å². The minimum Gasteiger partial charge on any atom is -0.506 e. The summed E-state index contributed by atoms with van der Waals surface area (Å²) in [5.74, 6) is -2.20. The molecule has 0 fully saturated rings. The summed E-state index contributed by atoms with van der Waals surface area (Å²) in [7, 11) is 0. The molecule has 5 N–H and O–H groups in total. The molecule has 0 aromatic heterocycles. The summed E-state index contributed by atoms with van der Waals surface area (Å²) in [6.45, 7) is 5.21. The molecule has 28 heavy (non-hydrogen) atoms. The lowest BCUT2D eigenvalue weighted by atomic mass is 10.0. The van der Waals surface area contributed by atoms with Crippen LogP contribution in [0.3, 0.4) is 0 Å². The van der Waals surface area contributed by atoms with Crippen molar-refractivity contribution in [1.82, 2.24) is 5.32 Å². The van der Waals surface area contributed by atoms with Crippen molar-refractivity contribution in [1.29, 1.82) is 0 Å². The van der Waals surface area contributed by atoms with Gasteiger partial charge in [0.25, 0.3) is 0 Å². The first kappa shape index (κ1) is 24.9. The maximum absolute atomic E-state index is 12.2. The number of carbonyl (C=O) groups is 3. The van der Waals surface area contributed by atoms with E-state index in [9.17, 15) is 24.6 Å². The number of hydrogen-bond acceptors (Lipinski definition) is 6. The lowest BCUT2D eigenvalue weighted by Gasteiger charge is -2.21. The molecular formula is C18H24I2N2O6. The number of ether oxygens (including phenoxy) is 1. The topological polar surface area (TPSA) is 139 Å². The highest BCUT2D eigenvalue weighted by Gasteiger charge is 2.25. The normalized spacial score (nSPS) is 13.5. The number of carboxylic acids is 1. The van der Waals surface area contributed by atoms with Crippen LogP contribution in [0, 0.1) is 7.14 Å². The molecule has 1 amide bonds. The summed E-state index contributed by atoms with van der Waals surface area (Å²) in [6.07, 6.45) is 0.0339. The first-order valence-electron chi connectivity index (χ1n) is 8.47. The number of aromatic hydroxyl groups is 1. The highest BCUT2D eigenvalue weighted by molar-refractivity contribution is 14.1. The highest BCUT2D eigenvalue weighted by atomic mass is 127. The van der Waals surface area contributed by atoms with Gasteiger partial charge < -0.3 is 26.0 Å². The van der Waals surface area contributed by atoms with Gasteiger partial charge in [-0.3, -0.25) is 9.59 Å². The molecule has 0 aliphatic rings. The van der Waals surface area contributed by atoms with E-state index in [4.69, 9.17) is 10.5 Å². The Morgan fingerprint density at radius 1 is 1.21 bits per heavy atom. The molecule has 0 saturated heterocycles. The van der Waals surface area contributed by atoms with Crippen LogP contribution in [0.2, 0.25) is 0 Å². The Hall–Kier alpha value is -1.15. The summed E-state index contributed by atoms with van der Waals surface area (Å²) in [6, 6.07) is 1.09. The van der Waals surface area contributed by atoms with E-state index in [1.165, 1.54) is 0 Å². The van der Waals surface area contributed by atoms with Crippen molar-refractivity contribution in [3.8, 4) is 5.75 Å². The Balaban J connectivity index is 2.69. The van der Waals surface area contributed by atoms with Crippen LogP contribution in [0.15, 0.2) is 12.1 Å². The molecule has 0 bridgehead atoms. The van der Waals surface area contributed by atoms with Gasteiger partial charge in [-0.05, 0) is 90.1 Å². The molecule has 0 aliphatic heterocycles. The van der Waals surface area contributed by atoms with Crippen LogP contribution in [0.25, 0.3) is 0 Å². The standard InChI is InChI=1S/C18H24I2N2O6/c1-18(2,3)28-14(23)5-4-12(21)16(25)22-13(17(26)27)8-9-6-10(19)15(24)11(20)7-9/h6-7,12-13,24H,4-5,8,21H2,1-3H3,(H,22,25)(H,26,27)/t12-,13-/m0/s1. The van der Waals surface area contributed by atoms with Crippen LogP contribution < -0.4 is 11.1 Å². The van der Waals surface area contributed by atoms with Crippen molar-refractivity contribution in [3.63, 3.8) is 0 Å². The minimum absolute atomic E-state index is 0.0339. The number of hydrogen-bond donors (Lipinski definition) is 4. The van der Waals surface area contributed by atoms with Crippen LogP contribution in [0.1, 0.15) is 39.2 Å². The number of carboxylic acid groups (broad SMARTS) is 1. The fraction of sp³-hybridized carbons (Fsp3) is 0.500.